The van der Waals surface area contributed by atoms with Gasteiger partial charge in [0.15, 0.2) is 25.4 Å². The second-order valence-electron chi connectivity index (χ2n) is 7.27. The van der Waals surface area contributed by atoms with Crippen molar-refractivity contribution in [3.05, 3.63) is 17.7 Å². The van der Waals surface area contributed by atoms with Gasteiger partial charge in [-0.2, -0.15) is 8.78 Å². The zero-order valence-electron chi connectivity index (χ0n) is 14.8. The first-order chi connectivity index (χ1) is 13.0. The first-order valence-corrected chi connectivity index (χ1v) is 12.5. The lowest BCUT2D eigenvalue weighted by Gasteiger charge is -2.35. The molecule has 1 aromatic carbocycles. The van der Waals surface area contributed by atoms with Gasteiger partial charge in [-0.25, -0.2) is 17.2 Å². The van der Waals surface area contributed by atoms with E-state index in [4.69, 9.17) is 9.47 Å². The Hall–Kier alpha value is -0.810. The van der Waals surface area contributed by atoms with Gasteiger partial charge in [-0.05, 0) is 30.1 Å². The van der Waals surface area contributed by atoms with Crippen LogP contribution in [0.3, 0.4) is 0 Å². The normalized spacial score (nSPS) is 25.0. The van der Waals surface area contributed by atoms with Crippen molar-refractivity contribution in [3.63, 3.8) is 0 Å². The zero-order chi connectivity index (χ0) is 20.4. The molecule has 1 spiro atoms. The number of hydrogen-bond acceptors (Lipinski definition) is 6. The number of halogens is 4. The summed E-state index contributed by atoms with van der Waals surface area (Å²) in [5.41, 5.74) is -0.0915. The number of sulfone groups is 1. The van der Waals surface area contributed by atoms with Gasteiger partial charge in [-0.3, -0.25) is 0 Å². The highest BCUT2D eigenvalue weighted by Gasteiger charge is 2.67. The van der Waals surface area contributed by atoms with Crippen LogP contribution in [0.25, 0.3) is 0 Å². The van der Waals surface area contributed by atoms with E-state index in [9.17, 15) is 26.0 Å². The van der Waals surface area contributed by atoms with Gasteiger partial charge in [0.1, 0.15) is 0 Å². The van der Waals surface area contributed by atoms with E-state index in [0.29, 0.717) is 11.5 Å². The van der Waals surface area contributed by atoms with Crippen molar-refractivity contribution in [2.45, 2.75) is 40.3 Å². The van der Waals surface area contributed by atoms with Gasteiger partial charge < -0.3 is 9.47 Å². The molecule has 0 bridgehead atoms. The molecule has 2 fully saturated rings. The molecule has 0 unspecified atom stereocenters. The fourth-order valence-electron chi connectivity index (χ4n) is 3.68. The molecule has 156 valence electrons. The molecule has 1 aliphatic carbocycles. The summed E-state index contributed by atoms with van der Waals surface area (Å²) >= 11 is 1.94. The lowest BCUT2D eigenvalue weighted by atomic mass is 9.82. The number of thioether (sulfide) groups is 2. The molecule has 0 radical (unpaired) electrons. The van der Waals surface area contributed by atoms with Gasteiger partial charge >= 0.3 is 6.11 Å². The van der Waals surface area contributed by atoms with Crippen LogP contribution in [0.15, 0.2) is 17.0 Å². The van der Waals surface area contributed by atoms with E-state index >= 15 is 0 Å². The largest absolute Gasteiger partial charge is 0.489 e. The quantitative estimate of drug-likeness (QED) is 0.619. The van der Waals surface area contributed by atoms with Crippen LogP contribution in [-0.2, 0) is 13.9 Å². The molecule has 3 aliphatic rings. The third kappa shape index (κ3) is 3.27. The number of alkyl halides is 4. The Balaban J connectivity index is 1.75. The second-order valence-corrected chi connectivity index (χ2v) is 12.1. The average Bonchev–Trinajstić information content (AvgIpc) is 2.78. The summed E-state index contributed by atoms with van der Waals surface area (Å²) in [6, 6.07) is 2.50. The van der Waals surface area contributed by atoms with Crippen molar-refractivity contribution in [3.8, 4) is 11.5 Å². The van der Waals surface area contributed by atoms with Crippen molar-refractivity contribution in [1.82, 2.24) is 0 Å². The molecule has 1 saturated carbocycles. The fraction of sp³-hybridized carbons (Fsp3) is 0.647. The lowest BCUT2D eigenvalue weighted by molar-refractivity contribution is -0.169. The Morgan fingerprint density at radius 1 is 1.18 bits per heavy atom. The van der Waals surface area contributed by atoms with Crippen LogP contribution in [0.1, 0.15) is 24.8 Å². The maximum atomic E-state index is 15.0. The molecule has 11 heteroatoms. The van der Waals surface area contributed by atoms with E-state index in [1.807, 2.05) is 0 Å². The molecule has 2 aliphatic heterocycles. The van der Waals surface area contributed by atoms with Crippen molar-refractivity contribution < 1.29 is 35.5 Å². The number of benzene rings is 1. The Morgan fingerprint density at radius 3 is 2.39 bits per heavy atom. The molecule has 1 saturated heterocycles. The molecule has 2 heterocycles. The number of rotatable bonds is 4. The van der Waals surface area contributed by atoms with E-state index in [2.05, 4.69) is 0 Å². The third-order valence-corrected chi connectivity index (χ3v) is 9.50. The van der Waals surface area contributed by atoms with Crippen molar-refractivity contribution in [2.75, 3.05) is 24.4 Å². The number of fused-ring (bicyclic) bond motifs is 2. The SMILES string of the molecule is CS(=O)(=O)c1ccc(OCC2CC(F)(F)C2)c2c1C1(SCCCS1)C(F)(F)O2. The molecular weight excluding hydrogens is 440 g/mol. The summed E-state index contributed by atoms with van der Waals surface area (Å²) in [4.78, 5) is -0.218. The predicted octanol–water partition coefficient (Wildman–Crippen LogP) is 4.52. The highest BCUT2D eigenvalue weighted by Crippen LogP contribution is 2.67. The molecule has 0 aromatic heterocycles. The smallest absolute Gasteiger partial charge is 0.427 e. The van der Waals surface area contributed by atoms with Crippen molar-refractivity contribution in [1.29, 1.82) is 0 Å². The molecule has 0 atom stereocenters. The first-order valence-electron chi connectivity index (χ1n) is 8.68. The van der Waals surface area contributed by atoms with Gasteiger partial charge in [-0.15, -0.1) is 23.5 Å². The van der Waals surface area contributed by atoms with Crippen LogP contribution < -0.4 is 9.47 Å². The lowest BCUT2D eigenvalue weighted by Crippen LogP contribution is -2.41. The number of ether oxygens (including phenoxy) is 2. The van der Waals surface area contributed by atoms with Crippen LogP contribution in [0.5, 0.6) is 11.5 Å². The van der Waals surface area contributed by atoms with Gasteiger partial charge in [0, 0.05) is 25.0 Å². The van der Waals surface area contributed by atoms with Crippen LogP contribution in [0.2, 0.25) is 0 Å². The van der Waals surface area contributed by atoms with Gasteiger partial charge in [0.2, 0.25) is 5.92 Å². The Morgan fingerprint density at radius 2 is 1.82 bits per heavy atom. The van der Waals surface area contributed by atoms with E-state index in [0.717, 1.165) is 36.2 Å². The van der Waals surface area contributed by atoms with Crippen LogP contribution in [0, 0.1) is 5.92 Å². The van der Waals surface area contributed by atoms with E-state index in [1.54, 1.807) is 0 Å². The monoisotopic (exact) mass is 458 g/mol. The topological polar surface area (TPSA) is 52.6 Å². The molecule has 1 aromatic rings. The highest BCUT2D eigenvalue weighted by molar-refractivity contribution is 8.18. The maximum absolute atomic E-state index is 15.0. The van der Waals surface area contributed by atoms with Crippen LogP contribution in [0.4, 0.5) is 17.6 Å². The van der Waals surface area contributed by atoms with E-state index in [-0.39, 0.29) is 47.3 Å². The highest BCUT2D eigenvalue weighted by atomic mass is 32.2. The second kappa shape index (κ2) is 6.60. The summed E-state index contributed by atoms with van der Waals surface area (Å²) in [6.07, 6.45) is -2.58. The summed E-state index contributed by atoms with van der Waals surface area (Å²) in [5, 5.41) is 0. The minimum atomic E-state index is -3.81. The Labute approximate surface area is 168 Å². The molecule has 0 N–H and O–H groups in total. The van der Waals surface area contributed by atoms with Crippen molar-refractivity contribution >= 4 is 33.4 Å². The van der Waals surface area contributed by atoms with Gasteiger partial charge in [0.25, 0.3) is 0 Å². The molecule has 4 nitrogen and oxygen atoms in total. The Kier molecular flexibility index (Phi) is 4.82. The minimum Gasteiger partial charge on any atom is -0.489 e. The summed E-state index contributed by atoms with van der Waals surface area (Å²) in [7, 11) is -3.81. The van der Waals surface area contributed by atoms with Gasteiger partial charge in [0.05, 0.1) is 17.1 Å². The molecule has 4 rings (SSSR count). The molecule has 0 amide bonds. The summed E-state index contributed by atoms with van der Waals surface area (Å²) < 4.78 is 89.2. The zero-order valence-corrected chi connectivity index (χ0v) is 17.3. The van der Waals surface area contributed by atoms with E-state index in [1.165, 1.54) is 12.1 Å². The Bertz CT molecular complexity index is 890. The van der Waals surface area contributed by atoms with E-state index < -0.39 is 25.9 Å². The van der Waals surface area contributed by atoms with Crippen LogP contribution >= 0.6 is 23.5 Å². The first kappa shape index (κ1) is 20.5. The summed E-state index contributed by atoms with van der Waals surface area (Å²) in [6.45, 7) is -0.0670. The fourth-order valence-corrected chi connectivity index (χ4v) is 8.02. The standard InChI is InChI=1S/C17H18F4O4S3/c1-28(22,23)12-4-3-11(24-9-10-7-15(18,19)8-10)14-13(12)16(17(20,21)25-14)26-5-2-6-27-16/h3-4,10H,2,5-9H2,1H3. The van der Waals surface area contributed by atoms with Crippen LogP contribution in [-0.4, -0.2) is 44.8 Å². The van der Waals surface area contributed by atoms with Crippen molar-refractivity contribution in [2.24, 2.45) is 5.92 Å². The number of hydrogen-bond donors (Lipinski definition) is 0. The molecule has 28 heavy (non-hydrogen) atoms. The predicted molar refractivity (Wildman–Crippen MR) is 99.5 cm³/mol. The third-order valence-electron chi connectivity index (χ3n) is 4.97. The molecular formula is C17H18F4O4S3. The van der Waals surface area contributed by atoms with Gasteiger partial charge in [-0.1, -0.05) is 0 Å². The minimum absolute atomic E-state index is 0.0408. The summed E-state index contributed by atoms with van der Waals surface area (Å²) in [5.74, 6) is -2.55. The maximum Gasteiger partial charge on any atom is 0.427 e. The average molecular weight is 459 g/mol.